The van der Waals surface area contributed by atoms with Crippen LogP contribution in [0, 0.1) is 0 Å². The van der Waals surface area contributed by atoms with E-state index in [0.29, 0.717) is 28.5 Å². The Morgan fingerprint density at radius 3 is 2.39 bits per heavy atom. The minimum atomic E-state index is -0.286. The Morgan fingerprint density at radius 1 is 1.00 bits per heavy atom. The van der Waals surface area contributed by atoms with Crippen LogP contribution in [0.3, 0.4) is 0 Å². The van der Waals surface area contributed by atoms with Gasteiger partial charge in [0.25, 0.3) is 5.91 Å². The van der Waals surface area contributed by atoms with E-state index >= 15 is 0 Å². The Morgan fingerprint density at radius 2 is 1.71 bits per heavy atom. The van der Waals surface area contributed by atoms with Crippen molar-refractivity contribution in [2.45, 2.75) is 6.54 Å². The summed E-state index contributed by atoms with van der Waals surface area (Å²) in [5, 5.41) is 7.29. The summed E-state index contributed by atoms with van der Waals surface area (Å²) in [4.78, 5) is 20.6. The number of fused-ring (bicyclic) bond motifs is 1. The van der Waals surface area contributed by atoms with Crippen molar-refractivity contribution in [2.24, 2.45) is 0 Å². The average Bonchev–Trinajstić information content (AvgIpc) is 3.36. The van der Waals surface area contributed by atoms with Gasteiger partial charge in [0.15, 0.2) is 11.5 Å². The first-order valence-corrected chi connectivity index (χ1v) is 12.9. The predicted octanol–water partition coefficient (Wildman–Crippen LogP) is 5.07. The van der Waals surface area contributed by atoms with Crippen LogP contribution in [-0.2, 0) is 6.54 Å². The van der Waals surface area contributed by atoms with Crippen molar-refractivity contribution >= 4 is 45.6 Å². The van der Waals surface area contributed by atoms with Crippen LogP contribution in [0.1, 0.15) is 15.9 Å². The lowest BCUT2D eigenvalue weighted by molar-refractivity contribution is 0.102. The monoisotopic (exact) mass is 554 g/mol. The summed E-state index contributed by atoms with van der Waals surface area (Å²) >= 11 is 1.63. The highest BCUT2D eigenvalue weighted by Gasteiger charge is 2.19. The van der Waals surface area contributed by atoms with Crippen LogP contribution >= 0.6 is 23.7 Å². The third kappa shape index (κ3) is 5.86. The van der Waals surface area contributed by atoms with Crippen LogP contribution in [0.15, 0.2) is 54.6 Å². The minimum absolute atomic E-state index is 0. The molecule has 1 aliphatic heterocycles. The number of halogens is 1. The van der Waals surface area contributed by atoms with Gasteiger partial charge in [0.05, 0.1) is 37.2 Å². The van der Waals surface area contributed by atoms with Gasteiger partial charge in [-0.1, -0.05) is 18.2 Å². The van der Waals surface area contributed by atoms with Gasteiger partial charge in [-0.05, 0) is 42.0 Å². The second-order valence-electron chi connectivity index (χ2n) is 8.76. The number of ether oxygens (including phenoxy) is 3. The molecule has 3 aromatic carbocycles. The largest absolute Gasteiger partial charge is 0.493 e. The zero-order valence-electron chi connectivity index (χ0n) is 21.6. The molecule has 1 fully saturated rings. The number of thiazole rings is 1. The highest BCUT2D eigenvalue weighted by Crippen LogP contribution is 2.39. The predicted molar refractivity (Wildman–Crippen MR) is 155 cm³/mol. The van der Waals surface area contributed by atoms with Crippen molar-refractivity contribution in [3.05, 3.63) is 65.7 Å². The Bertz CT molecular complexity index is 1400. The van der Waals surface area contributed by atoms with E-state index < -0.39 is 0 Å². The number of anilines is 1. The summed E-state index contributed by atoms with van der Waals surface area (Å²) in [5.41, 5.74) is 4.18. The zero-order valence-corrected chi connectivity index (χ0v) is 23.2. The van der Waals surface area contributed by atoms with Gasteiger partial charge in [0.2, 0.25) is 5.75 Å². The average molecular weight is 555 g/mol. The summed E-state index contributed by atoms with van der Waals surface area (Å²) in [7, 11) is 4.58. The molecular weight excluding hydrogens is 524 g/mol. The Balaban J connectivity index is 0.00000336. The lowest BCUT2D eigenvalue weighted by Crippen LogP contribution is -2.42. The van der Waals surface area contributed by atoms with Crippen LogP contribution in [0.5, 0.6) is 17.2 Å². The second-order valence-corrected chi connectivity index (χ2v) is 9.79. The maximum absolute atomic E-state index is 13.3. The number of amides is 1. The topological polar surface area (TPSA) is 85.0 Å². The Hall–Kier alpha value is -3.37. The molecule has 1 aromatic heterocycles. The number of nitrogens with one attached hydrogen (secondary N) is 2. The molecule has 2 heterocycles. The van der Waals surface area contributed by atoms with Gasteiger partial charge in [-0.3, -0.25) is 9.69 Å². The van der Waals surface area contributed by atoms with E-state index in [1.807, 2.05) is 24.3 Å². The molecule has 38 heavy (non-hydrogen) atoms. The molecule has 1 saturated heterocycles. The molecule has 0 atom stereocenters. The van der Waals surface area contributed by atoms with E-state index in [-0.39, 0.29) is 18.3 Å². The molecule has 200 valence electrons. The smallest absolute Gasteiger partial charge is 0.255 e. The molecule has 0 saturated carbocycles. The molecule has 4 aromatic rings. The molecule has 8 nitrogen and oxygen atoms in total. The third-order valence-electron chi connectivity index (χ3n) is 6.40. The maximum atomic E-state index is 13.3. The summed E-state index contributed by atoms with van der Waals surface area (Å²) in [6.07, 6.45) is 0. The van der Waals surface area contributed by atoms with Gasteiger partial charge in [-0.25, -0.2) is 4.98 Å². The normalized spacial score (nSPS) is 13.6. The number of benzene rings is 3. The SMILES string of the molecule is COc1cc(C(=O)Nc2ccccc2-c2nc3ccc(CN4CCNCC4)cc3s2)cc(OC)c1OC.Cl. The first-order valence-electron chi connectivity index (χ1n) is 12.1. The summed E-state index contributed by atoms with van der Waals surface area (Å²) in [6, 6.07) is 17.5. The number of hydrogen-bond acceptors (Lipinski definition) is 8. The molecule has 2 N–H and O–H groups in total. The van der Waals surface area contributed by atoms with Crippen molar-refractivity contribution in [3.8, 4) is 27.8 Å². The van der Waals surface area contributed by atoms with E-state index in [4.69, 9.17) is 19.2 Å². The number of carbonyl (C=O) groups excluding carboxylic acids is 1. The fourth-order valence-electron chi connectivity index (χ4n) is 4.50. The first-order chi connectivity index (χ1) is 18.1. The summed E-state index contributed by atoms with van der Waals surface area (Å²) < 4.78 is 17.3. The minimum Gasteiger partial charge on any atom is -0.493 e. The van der Waals surface area contributed by atoms with Crippen LogP contribution in [0.25, 0.3) is 20.8 Å². The molecule has 0 spiro atoms. The molecule has 5 rings (SSSR count). The maximum Gasteiger partial charge on any atom is 0.255 e. The van der Waals surface area contributed by atoms with Gasteiger partial charge < -0.3 is 24.8 Å². The molecule has 0 unspecified atom stereocenters. The fraction of sp³-hybridized carbons (Fsp3) is 0.286. The van der Waals surface area contributed by atoms with Gasteiger partial charge in [-0.15, -0.1) is 23.7 Å². The van der Waals surface area contributed by atoms with Crippen LogP contribution in [0.4, 0.5) is 5.69 Å². The molecule has 1 aliphatic rings. The number of rotatable bonds is 8. The second kappa shape index (κ2) is 12.4. The van der Waals surface area contributed by atoms with E-state index in [0.717, 1.165) is 53.5 Å². The molecule has 0 radical (unpaired) electrons. The molecule has 10 heteroatoms. The van der Waals surface area contributed by atoms with Gasteiger partial charge >= 0.3 is 0 Å². The van der Waals surface area contributed by atoms with Crippen LogP contribution in [0.2, 0.25) is 0 Å². The lowest BCUT2D eigenvalue weighted by Gasteiger charge is -2.27. The molecule has 0 aliphatic carbocycles. The van der Waals surface area contributed by atoms with E-state index in [1.165, 1.54) is 26.9 Å². The van der Waals surface area contributed by atoms with E-state index in [1.54, 1.807) is 23.5 Å². The first kappa shape index (κ1) is 27.7. The number of carbonyl (C=O) groups is 1. The van der Waals surface area contributed by atoms with Gasteiger partial charge in [0.1, 0.15) is 5.01 Å². The van der Waals surface area contributed by atoms with Crippen LogP contribution < -0.4 is 24.8 Å². The van der Waals surface area contributed by atoms with Gasteiger partial charge in [0, 0.05) is 43.9 Å². The van der Waals surface area contributed by atoms with Crippen molar-refractivity contribution in [2.75, 3.05) is 52.8 Å². The fourth-order valence-corrected chi connectivity index (χ4v) is 5.56. The van der Waals surface area contributed by atoms with Gasteiger partial charge in [-0.2, -0.15) is 0 Å². The van der Waals surface area contributed by atoms with Crippen molar-refractivity contribution in [3.63, 3.8) is 0 Å². The highest BCUT2D eigenvalue weighted by molar-refractivity contribution is 7.21. The number of para-hydroxylation sites is 1. The summed E-state index contributed by atoms with van der Waals surface area (Å²) in [6.45, 7) is 5.12. The Kier molecular flexibility index (Phi) is 9.06. The highest BCUT2D eigenvalue weighted by atomic mass is 35.5. The Labute approximate surface area is 232 Å². The zero-order chi connectivity index (χ0) is 25.8. The number of hydrogen-bond donors (Lipinski definition) is 2. The summed E-state index contributed by atoms with van der Waals surface area (Å²) in [5.74, 6) is 0.991. The van der Waals surface area contributed by atoms with Crippen molar-refractivity contribution in [1.29, 1.82) is 0 Å². The van der Waals surface area contributed by atoms with Crippen molar-refractivity contribution < 1.29 is 19.0 Å². The van der Waals surface area contributed by atoms with E-state index in [9.17, 15) is 4.79 Å². The van der Waals surface area contributed by atoms with Crippen LogP contribution in [-0.4, -0.2) is 63.3 Å². The van der Waals surface area contributed by atoms with Crippen molar-refractivity contribution in [1.82, 2.24) is 15.2 Å². The quantitative estimate of drug-likeness (QED) is 0.314. The number of aromatic nitrogens is 1. The number of piperazine rings is 1. The molecule has 0 bridgehead atoms. The lowest BCUT2D eigenvalue weighted by atomic mass is 10.1. The number of nitrogens with zero attached hydrogens (tertiary/aromatic N) is 2. The standard InChI is InChI=1S/C28H30N4O4S.ClH/c1-34-23-15-19(16-24(35-2)26(23)36-3)27(33)30-21-7-5-4-6-20(21)28-31-22-9-8-18(14-25(22)37-28)17-32-12-10-29-11-13-32;/h4-9,14-16,29H,10-13,17H2,1-3H3,(H,30,33);1H. The number of methoxy groups -OCH3 is 3. The molecule has 1 amide bonds. The third-order valence-corrected chi connectivity index (χ3v) is 7.45. The van der Waals surface area contributed by atoms with E-state index in [2.05, 4.69) is 33.7 Å². The molecular formula is C28H31ClN4O4S.